The first kappa shape index (κ1) is 16.2. The topological polar surface area (TPSA) is 0 Å². The molecule has 0 aliphatic carbocycles. The van der Waals surface area contributed by atoms with Crippen LogP contribution in [0.5, 0.6) is 0 Å². The number of rotatable bonds is 1. The molecular weight excluding hydrogens is 120 g/mol. The Morgan fingerprint density at radius 2 is 1.30 bits per heavy atom. The van der Waals surface area contributed by atoms with Gasteiger partial charge in [-0.3, -0.25) is 0 Å². The molecule has 0 amide bonds. The summed E-state index contributed by atoms with van der Waals surface area (Å²) < 4.78 is 0. The van der Waals surface area contributed by atoms with Crippen molar-refractivity contribution in [3.63, 3.8) is 0 Å². The van der Waals surface area contributed by atoms with Gasteiger partial charge in [-0.15, -0.1) is 0 Å². The van der Waals surface area contributed by atoms with E-state index in [0.717, 1.165) is 6.42 Å². The summed E-state index contributed by atoms with van der Waals surface area (Å²) in [5.41, 5.74) is 0. The maximum Gasteiger partial charge on any atom is -0.0379 e. The largest absolute Gasteiger partial charge is 0.0919 e. The minimum Gasteiger partial charge on any atom is -0.0919 e. The molecule has 10 heavy (non-hydrogen) atoms. The Bertz CT molecular complexity index is 64.1. The fraction of sp³-hybridized carbons (Fsp3) is 0.600. The summed E-state index contributed by atoms with van der Waals surface area (Å²) in [4.78, 5) is 0. The predicted octanol–water partition coefficient (Wildman–Crippen LogP) is 4.19. The van der Waals surface area contributed by atoms with E-state index in [1.807, 2.05) is 32.9 Å². The Morgan fingerprint density at radius 1 is 0.900 bits per heavy atom. The molecular formula is C10H22. The minimum atomic E-state index is 0. The standard InChI is InChI=1S/C5H10.C4H8.CH4/c1-3-5-4-2;1-3-4-2;/h3,5H,4H2,1-2H3;3-4H,1-2H3;1H4. The van der Waals surface area contributed by atoms with Gasteiger partial charge in [-0.1, -0.05) is 38.7 Å². The van der Waals surface area contributed by atoms with Crippen molar-refractivity contribution in [2.75, 3.05) is 0 Å². The van der Waals surface area contributed by atoms with Crippen molar-refractivity contribution in [2.24, 2.45) is 0 Å². The SMILES string of the molecule is C.CC=CC.CC=CCC. The fourth-order valence-corrected chi connectivity index (χ4v) is 0.236. The highest BCUT2D eigenvalue weighted by Gasteiger charge is 1.52. The molecule has 0 aromatic heterocycles. The normalized spacial score (nSPS) is 8.80. The number of hydrogen-bond acceptors (Lipinski definition) is 0. The molecule has 0 aliphatic heterocycles. The van der Waals surface area contributed by atoms with Gasteiger partial charge < -0.3 is 0 Å². The van der Waals surface area contributed by atoms with Crippen LogP contribution in [-0.2, 0) is 0 Å². The summed E-state index contributed by atoms with van der Waals surface area (Å²) in [5.74, 6) is 0. The zero-order chi connectivity index (χ0) is 7.54. The average molecular weight is 142 g/mol. The first-order valence-electron chi connectivity index (χ1n) is 3.51. The summed E-state index contributed by atoms with van der Waals surface area (Å²) in [6, 6.07) is 0. The van der Waals surface area contributed by atoms with E-state index >= 15 is 0 Å². The van der Waals surface area contributed by atoms with E-state index in [1.165, 1.54) is 0 Å². The van der Waals surface area contributed by atoms with Crippen molar-refractivity contribution in [2.45, 2.75) is 41.5 Å². The van der Waals surface area contributed by atoms with Crippen molar-refractivity contribution in [1.82, 2.24) is 0 Å². The predicted molar refractivity (Wildman–Crippen MR) is 52.3 cm³/mol. The maximum absolute atomic E-state index is 2.12. The van der Waals surface area contributed by atoms with Crippen molar-refractivity contribution in [1.29, 1.82) is 0 Å². The molecule has 0 heteroatoms. The lowest BCUT2D eigenvalue weighted by molar-refractivity contribution is 1.22. The lowest BCUT2D eigenvalue weighted by Gasteiger charge is -1.65. The quantitative estimate of drug-likeness (QED) is 0.481. The molecule has 0 radical (unpaired) electrons. The molecule has 0 unspecified atom stereocenters. The van der Waals surface area contributed by atoms with Crippen molar-refractivity contribution < 1.29 is 0 Å². The molecule has 0 nitrogen and oxygen atoms in total. The second kappa shape index (κ2) is 23.6. The van der Waals surface area contributed by atoms with Crippen LogP contribution in [0.25, 0.3) is 0 Å². The van der Waals surface area contributed by atoms with Crippen LogP contribution in [0.3, 0.4) is 0 Å². The second-order valence-electron chi connectivity index (χ2n) is 1.64. The zero-order valence-corrected chi connectivity index (χ0v) is 7.02. The van der Waals surface area contributed by atoms with Crippen LogP contribution in [0.2, 0.25) is 0 Å². The Morgan fingerprint density at radius 3 is 1.30 bits per heavy atom. The summed E-state index contributed by atoms with van der Waals surface area (Å²) in [6.45, 7) is 8.16. The molecule has 0 aliphatic rings. The Labute approximate surface area is 66.7 Å². The van der Waals surface area contributed by atoms with Gasteiger partial charge in [-0.2, -0.15) is 0 Å². The second-order valence-corrected chi connectivity index (χ2v) is 1.64. The summed E-state index contributed by atoms with van der Waals surface area (Å²) in [7, 11) is 0. The highest BCUT2D eigenvalue weighted by Crippen LogP contribution is 1.73. The van der Waals surface area contributed by atoms with Crippen molar-refractivity contribution in [3.05, 3.63) is 24.3 Å². The lowest BCUT2D eigenvalue weighted by Crippen LogP contribution is -1.43. The van der Waals surface area contributed by atoms with Crippen LogP contribution in [0.1, 0.15) is 41.5 Å². The fourth-order valence-electron chi connectivity index (χ4n) is 0.236. The summed E-state index contributed by atoms with van der Waals surface area (Å²) >= 11 is 0. The average Bonchev–Trinajstić information content (AvgIpc) is 1.91. The Hall–Kier alpha value is -0.520. The Kier molecular flexibility index (Phi) is 38.4. The number of hydrogen-bond donors (Lipinski definition) is 0. The van der Waals surface area contributed by atoms with Crippen molar-refractivity contribution >= 4 is 0 Å². The van der Waals surface area contributed by atoms with Gasteiger partial charge in [0, 0.05) is 0 Å². The van der Waals surface area contributed by atoms with Crippen LogP contribution in [0.4, 0.5) is 0 Å². The van der Waals surface area contributed by atoms with Gasteiger partial charge in [-0.05, 0) is 27.2 Å². The number of allylic oxidation sites excluding steroid dienone is 4. The molecule has 0 atom stereocenters. The summed E-state index contributed by atoms with van der Waals surface area (Å²) in [6.07, 6.45) is 9.34. The van der Waals surface area contributed by atoms with Crippen molar-refractivity contribution in [3.8, 4) is 0 Å². The van der Waals surface area contributed by atoms with Gasteiger partial charge in [0.05, 0.1) is 0 Å². The smallest absolute Gasteiger partial charge is 0.0379 e. The van der Waals surface area contributed by atoms with E-state index in [4.69, 9.17) is 0 Å². The molecule has 0 N–H and O–H groups in total. The molecule has 0 saturated heterocycles. The third-order valence-corrected chi connectivity index (χ3v) is 0.805. The van der Waals surface area contributed by atoms with E-state index in [-0.39, 0.29) is 7.43 Å². The van der Waals surface area contributed by atoms with Gasteiger partial charge >= 0.3 is 0 Å². The van der Waals surface area contributed by atoms with Crippen LogP contribution in [0, 0.1) is 0 Å². The van der Waals surface area contributed by atoms with E-state index in [0.29, 0.717) is 0 Å². The van der Waals surface area contributed by atoms with E-state index in [2.05, 4.69) is 19.1 Å². The van der Waals surface area contributed by atoms with Crippen LogP contribution in [0.15, 0.2) is 24.3 Å². The molecule has 0 aromatic rings. The van der Waals surface area contributed by atoms with E-state index in [1.54, 1.807) is 0 Å². The highest BCUT2D eigenvalue weighted by molar-refractivity contribution is 4.73. The molecule has 0 heterocycles. The van der Waals surface area contributed by atoms with Crippen LogP contribution in [-0.4, -0.2) is 0 Å². The van der Waals surface area contributed by atoms with E-state index in [9.17, 15) is 0 Å². The first-order chi connectivity index (χ1) is 4.33. The molecule has 0 saturated carbocycles. The van der Waals surface area contributed by atoms with Gasteiger partial charge in [0.1, 0.15) is 0 Å². The molecule has 0 bridgehead atoms. The van der Waals surface area contributed by atoms with Gasteiger partial charge in [0.25, 0.3) is 0 Å². The van der Waals surface area contributed by atoms with Crippen LogP contribution >= 0.6 is 0 Å². The monoisotopic (exact) mass is 142 g/mol. The molecule has 0 rings (SSSR count). The molecule has 0 spiro atoms. The van der Waals surface area contributed by atoms with Gasteiger partial charge in [0.2, 0.25) is 0 Å². The van der Waals surface area contributed by atoms with Gasteiger partial charge in [-0.25, -0.2) is 0 Å². The van der Waals surface area contributed by atoms with Crippen LogP contribution < -0.4 is 0 Å². The Balaban J connectivity index is -0.0000000910. The zero-order valence-electron chi connectivity index (χ0n) is 7.02. The third-order valence-electron chi connectivity index (χ3n) is 0.805. The maximum atomic E-state index is 2.12. The third kappa shape index (κ3) is 51.1. The highest BCUT2D eigenvalue weighted by atomic mass is 13.6. The molecule has 0 aromatic carbocycles. The van der Waals surface area contributed by atoms with E-state index < -0.39 is 0 Å². The minimum absolute atomic E-state index is 0. The first-order valence-corrected chi connectivity index (χ1v) is 3.51. The molecule has 62 valence electrons. The molecule has 0 fully saturated rings. The summed E-state index contributed by atoms with van der Waals surface area (Å²) in [5, 5.41) is 0. The van der Waals surface area contributed by atoms with Gasteiger partial charge in [0.15, 0.2) is 0 Å². The lowest BCUT2D eigenvalue weighted by atomic mass is 10.4.